The Labute approximate surface area is 125 Å². The third-order valence-electron chi connectivity index (χ3n) is 5.40. The molecule has 2 saturated carbocycles. The van der Waals surface area contributed by atoms with Crippen LogP contribution in [0.5, 0.6) is 0 Å². The second kappa shape index (κ2) is 8.17. The number of carbonyl (C=O) groups is 1. The maximum Gasteiger partial charge on any atom is 0.137 e. The maximum atomic E-state index is 12.1. The van der Waals surface area contributed by atoms with Crippen molar-refractivity contribution in [3.8, 4) is 0 Å². The molecule has 0 radical (unpaired) electrons. The van der Waals surface area contributed by atoms with Crippen LogP contribution in [0, 0.1) is 17.8 Å². The van der Waals surface area contributed by atoms with Crippen LogP contribution in [0.1, 0.15) is 71.1 Å². The Morgan fingerprint density at radius 3 is 2.50 bits per heavy atom. The minimum atomic E-state index is 0.328. The molecule has 2 rings (SSSR count). The van der Waals surface area contributed by atoms with Crippen LogP contribution in [-0.4, -0.2) is 30.8 Å². The summed E-state index contributed by atoms with van der Waals surface area (Å²) in [5, 5.41) is 0. The number of Topliss-reactive ketones (excluding diaryl/α,β-unsaturated/α-hetero) is 1. The molecule has 116 valence electrons. The molecule has 0 heterocycles. The SMILES string of the molecule is CCCC1CCC(=O)C(CN(C)CC2CCCCC2)C1. The standard InChI is InChI=1S/C18H33NO/c1-3-7-15-10-11-18(20)17(12-15)14-19(2)13-16-8-5-4-6-9-16/h15-17H,3-14H2,1-2H3. The second-order valence-electron chi connectivity index (χ2n) is 7.32. The largest absolute Gasteiger partial charge is 0.305 e. The first kappa shape index (κ1) is 16.0. The van der Waals surface area contributed by atoms with Crippen LogP contribution >= 0.6 is 0 Å². The Morgan fingerprint density at radius 1 is 1.05 bits per heavy atom. The molecular weight excluding hydrogens is 246 g/mol. The topological polar surface area (TPSA) is 20.3 Å². The number of nitrogens with zero attached hydrogens (tertiary/aromatic N) is 1. The summed E-state index contributed by atoms with van der Waals surface area (Å²) in [6, 6.07) is 0. The van der Waals surface area contributed by atoms with Crippen molar-refractivity contribution in [1.29, 1.82) is 0 Å². The summed E-state index contributed by atoms with van der Waals surface area (Å²) in [5.74, 6) is 2.56. The Hall–Kier alpha value is -0.370. The van der Waals surface area contributed by atoms with Gasteiger partial charge in [0.15, 0.2) is 0 Å². The van der Waals surface area contributed by atoms with Gasteiger partial charge in [-0.1, -0.05) is 39.0 Å². The minimum Gasteiger partial charge on any atom is -0.305 e. The lowest BCUT2D eigenvalue weighted by atomic mass is 9.78. The molecule has 0 aliphatic heterocycles. The van der Waals surface area contributed by atoms with E-state index in [2.05, 4.69) is 18.9 Å². The van der Waals surface area contributed by atoms with Gasteiger partial charge in [0.05, 0.1) is 0 Å². The third-order valence-corrected chi connectivity index (χ3v) is 5.40. The van der Waals surface area contributed by atoms with Gasteiger partial charge < -0.3 is 4.90 Å². The van der Waals surface area contributed by atoms with Crippen molar-refractivity contribution >= 4 is 5.78 Å². The van der Waals surface area contributed by atoms with Gasteiger partial charge >= 0.3 is 0 Å². The van der Waals surface area contributed by atoms with E-state index >= 15 is 0 Å². The molecule has 2 fully saturated rings. The highest BCUT2D eigenvalue weighted by Crippen LogP contribution is 2.31. The van der Waals surface area contributed by atoms with Crippen LogP contribution in [0.3, 0.4) is 0 Å². The Bertz CT molecular complexity index is 296. The lowest BCUT2D eigenvalue weighted by Gasteiger charge is -2.33. The lowest BCUT2D eigenvalue weighted by molar-refractivity contribution is -0.126. The lowest BCUT2D eigenvalue weighted by Crippen LogP contribution is -2.37. The molecule has 0 N–H and O–H groups in total. The maximum absolute atomic E-state index is 12.1. The zero-order chi connectivity index (χ0) is 14.4. The van der Waals surface area contributed by atoms with Gasteiger partial charge in [-0.25, -0.2) is 0 Å². The average Bonchev–Trinajstić information content (AvgIpc) is 2.44. The zero-order valence-corrected chi connectivity index (χ0v) is 13.6. The van der Waals surface area contributed by atoms with E-state index in [4.69, 9.17) is 0 Å². The van der Waals surface area contributed by atoms with E-state index in [-0.39, 0.29) is 0 Å². The molecule has 2 heteroatoms. The molecule has 0 bridgehead atoms. The summed E-state index contributed by atoms with van der Waals surface area (Å²) in [6.45, 7) is 4.48. The van der Waals surface area contributed by atoms with E-state index < -0.39 is 0 Å². The van der Waals surface area contributed by atoms with E-state index in [0.29, 0.717) is 11.7 Å². The van der Waals surface area contributed by atoms with E-state index in [1.165, 1.54) is 51.5 Å². The van der Waals surface area contributed by atoms with Gasteiger partial charge in [0, 0.05) is 25.4 Å². The fraction of sp³-hybridized carbons (Fsp3) is 0.944. The van der Waals surface area contributed by atoms with E-state index in [1.807, 2.05) is 0 Å². The summed E-state index contributed by atoms with van der Waals surface area (Å²) in [5.41, 5.74) is 0. The Morgan fingerprint density at radius 2 is 1.80 bits per heavy atom. The van der Waals surface area contributed by atoms with Crippen LogP contribution < -0.4 is 0 Å². The summed E-state index contributed by atoms with van der Waals surface area (Å²) in [7, 11) is 2.23. The number of carbonyl (C=O) groups excluding carboxylic acids is 1. The zero-order valence-electron chi connectivity index (χ0n) is 13.6. The quantitative estimate of drug-likeness (QED) is 0.723. The molecule has 0 aromatic carbocycles. The van der Waals surface area contributed by atoms with Gasteiger partial charge in [-0.3, -0.25) is 4.79 Å². The van der Waals surface area contributed by atoms with Gasteiger partial charge in [-0.05, 0) is 44.6 Å². The average molecular weight is 279 g/mol. The fourth-order valence-electron chi connectivity index (χ4n) is 4.31. The Balaban J connectivity index is 1.76. The monoisotopic (exact) mass is 279 g/mol. The van der Waals surface area contributed by atoms with E-state index in [9.17, 15) is 4.79 Å². The normalized spacial score (nSPS) is 29.1. The highest BCUT2D eigenvalue weighted by Gasteiger charge is 2.29. The van der Waals surface area contributed by atoms with Gasteiger partial charge in [-0.2, -0.15) is 0 Å². The summed E-state index contributed by atoms with van der Waals surface area (Å²) >= 11 is 0. The second-order valence-corrected chi connectivity index (χ2v) is 7.32. The van der Waals surface area contributed by atoms with Gasteiger partial charge in [0.25, 0.3) is 0 Å². The summed E-state index contributed by atoms with van der Waals surface area (Å²) < 4.78 is 0. The fourth-order valence-corrected chi connectivity index (χ4v) is 4.31. The molecule has 0 amide bonds. The minimum absolute atomic E-state index is 0.328. The van der Waals surface area contributed by atoms with Crippen molar-refractivity contribution < 1.29 is 4.79 Å². The summed E-state index contributed by atoms with van der Waals surface area (Å²) in [4.78, 5) is 14.6. The molecule has 0 saturated heterocycles. The van der Waals surface area contributed by atoms with E-state index in [0.717, 1.165) is 37.6 Å². The molecule has 0 aromatic rings. The first-order valence-corrected chi connectivity index (χ1v) is 8.90. The molecule has 20 heavy (non-hydrogen) atoms. The molecule has 2 atom stereocenters. The number of hydrogen-bond acceptors (Lipinski definition) is 2. The van der Waals surface area contributed by atoms with Gasteiger partial charge in [0.1, 0.15) is 5.78 Å². The number of rotatable bonds is 6. The van der Waals surface area contributed by atoms with Crippen molar-refractivity contribution in [1.82, 2.24) is 4.90 Å². The molecule has 0 aromatic heterocycles. The van der Waals surface area contributed by atoms with Crippen LogP contribution in [0.15, 0.2) is 0 Å². The predicted molar refractivity (Wildman–Crippen MR) is 84.8 cm³/mol. The molecule has 2 aliphatic rings. The van der Waals surface area contributed by atoms with E-state index in [1.54, 1.807) is 0 Å². The first-order chi connectivity index (χ1) is 9.69. The highest BCUT2D eigenvalue weighted by atomic mass is 16.1. The Kier molecular flexibility index (Phi) is 6.54. The molecule has 2 unspecified atom stereocenters. The van der Waals surface area contributed by atoms with Crippen molar-refractivity contribution in [2.24, 2.45) is 17.8 Å². The van der Waals surface area contributed by atoms with Gasteiger partial charge in [-0.15, -0.1) is 0 Å². The van der Waals surface area contributed by atoms with Crippen molar-refractivity contribution in [3.63, 3.8) is 0 Å². The molecule has 0 spiro atoms. The van der Waals surface area contributed by atoms with Crippen molar-refractivity contribution in [3.05, 3.63) is 0 Å². The molecule has 2 aliphatic carbocycles. The van der Waals surface area contributed by atoms with Crippen LogP contribution in [-0.2, 0) is 4.79 Å². The first-order valence-electron chi connectivity index (χ1n) is 8.90. The van der Waals surface area contributed by atoms with Crippen LogP contribution in [0.2, 0.25) is 0 Å². The molecule has 2 nitrogen and oxygen atoms in total. The van der Waals surface area contributed by atoms with Crippen LogP contribution in [0.25, 0.3) is 0 Å². The predicted octanol–water partition coefficient (Wildman–Crippen LogP) is 4.28. The number of ketones is 1. The third kappa shape index (κ3) is 4.87. The molecular formula is C18H33NO. The summed E-state index contributed by atoms with van der Waals surface area (Å²) in [6.07, 6.45) is 12.8. The highest BCUT2D eigenvalue weighted by molar-refractivity contribution is 5.81. The van der Waals surface area contributed by atoms with Crippen molar-refractivity contribution in [2.75, 3.05) is 20.1 Å². The smallest absolute Gasteiger partial charge is 0.137 e. The van der Waals surface area contributed by atoms with Gasteiger partial charge in [0.2, 0.25) is 0 Å². The van der Waals surface area contributed by atoms with Crippen molar-refractivity contribution in [2.45, 2.75) is 71.1 Å². The van der Waals surface area contributed by atoms with Crippen LogP contribution in [0.4, 0.5) is 0 Å². The number of hydrogen-bond donors (Lipinski definition) is 0.